The van der Waals surface area contributed by atoms with Crippen LogP contribution >= 0.6 is 11.3 Å². The smallest absolute Gasteiger partial charge is 0.164 e. The van der Waals surface area contributed by atoms with Crippen molar-refractivity contribution in [2.24, 2.45) is 0 Å². The van der Waals surface area contributed by atoms with Gasteiger partial charge in [0.15, 0.2) is 17.5 Å². The summed E-state index contributed by atoms with van der Waals surface area (Å²) in [6.07, 6.45) is 0. The Morgan fingerprint density at radius 3 is 1.98 bits per heavy atom. The summed E-state index contributed by atoms with van der Waals surface area (Å²) in [5.74, 6) is 0.704. The van der Waals surface area contributed by atoms with Crippen LogP contribution in [0.15, 0.2) is 170 Å². The van der Waals surface area contributed by atoms with Gasteiger partial charge in [-0.05, 0) is 47.5 Å². The highest BCUT2D eigenvalue weighted by molar-refractivity contribution is 7.26. The molecule has 3 aromatic heterocycles. The van der Waals surface area contributed by atoms with Crippen molar-refractivity contribution in [1.82, 2.24) is 19.5 Å². The Bertz CT molecular complexity index is 3130. The standard InChI is InChI=1S/C45H28N4S/c1-4-14-29(15-5-1)43-46-44(30-16-6-2-7-17-30)48-45(47-43)36-23-13-25-40-41(36)35-22-12-21-33(42(35)50-40)31-26-27-39-37(28-31)34-20-10-11-24-38(34)49(39)32-18-8-3-9-19-32/h1-28H/i1D,4D,5D,14D,15D. The average molecular weight is 662 g/mol. The minimum absolute atomic E-state index is 0.0149. The normalized spacial score (nSPS) is 13.0. The lowest BCUT2D eigenvalue weighted by Crippen LogP contribution is -2.00. The Morgan fingerprint density at radius 2 is 1.14 bits per heavy atom. The van der Waals surface area contributed by atoms with Gasteiger partial charge in [-0.3, -0.25) is 0 Å². The molecule has 10 rings (SSSR count). The van der Waals surface area contributed by atoms with Gasteiger partial charge in [-0.15, -0.1) is 11.3 Å². The van der Waals surface area contributed by atoms with Crippen molar-refractivity contribution in [3.63, 3.8) is 0 Å². The Morgan fingerprint density at radius 1 is 0.480 bits per heavy atom. The molecule has 10 aromatic rings. The van der Waals surface area contributed by atoms with E-state index in [1.165, 1.54) is 10.8 Å². The Labute approximate surface area is 299 Å². The number of para-hydroxylation sites is 2. The lowest BCUT2D eigenvalue weighted by molar-refractivity contribution is 1.08. The van der Waals surface area contributed by atoms with E-state index in [9.17, 15) is 0 Å². The molecule has 0 aliphatic rings. The molecule has 0 aliphatic carbocycles. The minimum atomic E-state index is -0.470. The Kier molecular flexibility index (Phi) is 5.54. The summed E-state index contributed by atoms with van der Waals surface area (Å²) in [7, 11) is 0. The van der Waals surface area contributed by atoms with Gasteiger partial charge in [0.05, 0.1) is 17.9 Å². The maximum atomic E-state index is 8.71. The van der Waals surface area contributed by atoms with Crippen LogP contribution < -0.4 is 0 Å². The van der Waals surface area contributed by atoms with Crippen molar-refractivity contribution < 1.29 is 6.85 Å². The maximum Gasteiger partial charge on any atom is 0.164 e. The molecule has 50 heavy (non-hydrogen) atoms. The minimum Gasteiger partial charge on any atom is -0.309 e. The number of thiophene rings is 1. The number of benzene rings is 7. The molecule has 0 bridgehead atoms. The van der Waals surface area contributed by atoms with Gasteiger partial charge in [0, 0.05) is 53.3 Å². The van der Waals surface area contributed by atoms with Gasteiger partial charge in [0.1, 0.15) is 0 Å². The van der Waals surface area contributed by atoms with Crippen molar-refractivity contribution in [3.8, 4) is 51.0 Å². The monoisotopic (exact) mass is 661 g/mol. The second-order valence-corrected chi connectivity index (χ2v) is 13.1. The Balaban J connectivity index is 1.19. The van der Waals surface area contributed by atoms with Gasteiger partial charge in [0.2, 0.25) is 0 Å². The van der Waals surface area contributed by atoms with E-state index in [1.54, 1.807) is 11.3 Å². The van der Waals surface area contributed by atoms with Crippen LogP contribution in [-0.2, 0) is 0 Å². The van der Waals surface area contributed by atoms with Gasteiger partial charge < -0.3 is 4.57 Å². The Hall–Kier alpha value is -6.43. The van der Waals surface area contributed by atoms with Crippen LogP contribution in [0.25, 0.3) is 93.0 Å². The largest absolute Gasteiger partial charge is 0.309 e. The molecule has 0 radical (unpaired) electrons. The molecule has 0 fully saturated rings. The van der Waals surface area contributed by atoms with Gasteiger partial charge in [0.25, 0.3) is 0 Å². The molecule has 234 valence electrons. The van der Waals surface area contributed by atoms with Crippen molar-refractivity contribution in [2.45, 2.75) is 0 Å². The second-order valence-electron chi connectivity index (χ2n) is 12.1. The fourth-order valence-corrected chi connectivity index (χ4v) is 8.21. The molecule has 4 nitrogen and oxygen atoms in total. The highest BCUT2D eigenvalue weighted by atomic mass is 32.1. The third-order valence-corrected chi connectivity index (χ3v) is 10.4. The van der Waals surface area contributed by atoms with E-state index in [0.29, 0.717) is 17.2 Å². The first-order valence-corrected chi connectivity index (χ1v) is 17.1. The number of fused-ring (bicyclic) bond motifs is 6. The zero-order valence-corrected chi connectivity index (χ0v) is 27.3. The average Bonchev–Trinajstić information content (AvgIpc) is 3.78. The SMILES string of the molecule is [2H]c1c([2H])c([2H])c(-c2nc(-c3ccccc3)nc(-c3cccc4sc5c(-c6ccc7c(c6)c6ccccc6n7-c6ccccc6)cccc5c34)n2)c([2H])c1[2H]. The van der Waals surface area contributed by atoms with Crippen LogP contribution in [0.2, 0.25) is 0 Å². The van der Waals surface area contributed by atoms with Gasteiger partial charge >= 0.3 is 0 Å². The molecule has 0 aliphatic heterocycles. The van der Waals surface area contributed by atoms with Crippen molar-refractivity contribution in [3.05, 3.63) is 170 Å². The van der Waals surface area contributed by atoms with E-state index in [4.69, 9.17) is 21.8 Å². The number of hydrogen-bond acceptors (Lipinski definition) is 4. The van der Waals surface area contributed by atoms with Gasteiger partial charge in [-0.2, -0.15) is 0 Å². The van der Waals surface area contributed by atoms with Gasteiger partial charge in [-0.25, -0.2) is 15.0 Å². The highest BCUT2D eigenvalue weighted by Crippen LogP contribution is 2.44. The summed E-state index contributed by atoms with van der Waals surface area (Å²) in [4.78, 5) is 14.5. The first-order chi connectivity index (χ1) is 26.9. The first-order valence-electron chi connectivity index (χ1n) is 18.8. The summed E-state index contributed by atoms with van der Waals surface area (Å²) < 4.78 is 46.7. The third kappa shape index (κ3) is 4.63. The van der Waals surface area contributed by atoms with Crippen LogP contribution in [0.3, 0.4) is 0 Å². The van der Waals surface area contributed by atoms with Crippen LogP contribution in [0.1, 0.15) is 6.85 Å². The zero-order chi connectivity index (χ0) is 37.4. The molecule has 0 saturated heterocycles. The summed E-state index contributed by atoms with van der Waals surface area (Å²) >= 11 is 1.71. The fourth-order valence-electron chi connectivity index (χ4n) is 6.94. The molecule has 0 atom stereocenters. The van der Waals surface area contributed by atoms with Crippen molar-refractivity contribution >= 4 is 53.3 Å². The number of hydrogen-bond donors (Lipinski definition) is 0. The van der Waals surface area contributed by atoms with Crippen molar-refractivity contribution in [2.75, 3.05) is 0 Å². The lowest BCUT2D eigenvalue weighted by Gasteiger charge is -2.10. The molecular weight excluding hydrogens is 629 g/mol. The highest BCUT2D eigenvalue weighted by Gasteiger charge is 2.19. The third-order valence-electron chi connectivity index (χ3n) is 9.15. The molecule has 7 aromatic carbocycles. The summed E-state index contributed by atoms with van der Waals surface area (Å²) in [6, 6.07) is 45.4. The van der Waals surface area contributed by atoms with E-state index in [-0.39, 0.29) is 23.5 Å². The van der Waals surface area contributed by atoms with Crippen LogP contribution in [0, 0.1) is 0 Å². The van der Waals surface area contributed by atoms with E-state index in [0.717, 1.165) is 53.6 Å². The predicted octanol–water partition coefficient (Wildman–Crippen LogP) is 12.0. The van der Waals surface area contributed by atoms with Crippen molar-refractivity contribution in [1.29, 1.82) is 0 Å². The number of aromatic nitrogens is 4. The topological polar surface area (TPSA) is 43.6 Å². The van der Waals surface area contributed by atoms with E-state index in [1.807, 2.05) is 48.5 Å². The number of nitrogens with zero attached hydrogens (tertiary/aromatic N) is 4. The second kappa shape index (κ2) is 11.6. The van der Waals surface area contributed by atoms with Crippen LogP contribution in [-0.4, -0.2) is 19.5 Å². The molecule has 0 amide bonds. The van der Waals surface area contributed by atoms with Gasteiger partial charge in [-0.1, -0.05) is 133 Å². The molecule has 0 saturated carbocycles. The molecule has 0 spiro atoms. The fraction of sp³-hybridized carbons (Fsp3) is 0. The summed E-state index contributed by atoms with van der Waals surface area (Å²) in [6.45, 7) is 0. The molecule has 3 heterocycles. The van der Waals surface area contributed by atoms with Crippen LogP contribution in [0.4, 0.5) is 0 Å². The van der Waals surface area contributed by atoms with E-state index >= 15 is 0 Å². The summed E-state index contributed by atoms with van der Waals surface area (Å²) in [5, 5.41) is 4.39. The molecule has 0 N–H and O–H groups in total. The molecular formula is C45H28N4S. The lowest BCUT2D eigenvalue weighted by atomic mass is 9.99. The first kappa shape index (κ1) is 23.8. The zero-order valence-electron chi connectivity index (χ0n) is 31.5. The molecule has 0 unspecified atom stereocenters. The predicted molar refractivity (Wildman–Crippen MR) is 209 cm³/mol. The van der Waals surface area contributed by atoms with E-state index in [2.05, 4.69) is 95.6 Å². The van der Waals surface area contributed by atoms with Crippen LogP contribution in [0.5, 0.6) is 0 Å². The quantitative estimate of drug-likeness (QED) is 0.184. The molecule has 5 heteroatoms. The maximum absolute atomic E-state index is 8.71. The number of rotatable bonds is 5. The van der Waals surface area contributed by atoms with E-state index < -0.39 is 18.1 Å². The summed E-state index contributed by atoms with van der Waals surface area (Å²) in [5.41, 5.74) is 7.04.